The summed E-state index contributed by atoms with van der Waals surface area (Å²) in [5, 5.41) is 0. The van der Waals surface area contributed by atoms with E-state index < -0.39 is 6.04 Å². The van der Waals surface area contributed by atoms with Gasteiger partial charge in [0.1, 0.15) is 0 Å². The fraction of sp³-hybridized carbons (Fsp3) is 0.889. The van der Waals surface area contributed by atoms with E-state index in [0.717, 1.165) is 0 Å². The fourth-order valence-corrected chi connectivity index (χ4v) is 1.67. The van der Waals surface area contributed by atoms with Gasteiger partial charge < -0.3 is 15.4 Å². The van der Waals surface area contributed by atoms with Gasteiger partial charge in [0.25, 0.3) is 0 Å². The molecule has 3 atom stereocenters. The highest BCUT2D eigenvalue weighted by Crippen LogP contribution is 2.13. The molecule has 5 heteroatoms. The van der Waals surface area contributed by atoms with Crippen molar-refractivity contribution in [1.29, 1.82) is 0 Å². The molecule has 1 rings (SSSR count). The van der Waals surface area contributed by atoms with Crippen molar-refractivity contribution < 1.29 is 9.53 Å². The topological polar surface area (TPSA) is 55.6 Å². The van der Waals surface area contributed by atoms with Gasteiger partial charge >= 0.3 is 0 Å². The minimum Gasteiger partial charge on any atom is -0.377 e. The van der Waals surface area contributed by atoms with Gasteiger partial charge in [-0.15, -0.1) is 12.4 Å². The number of morpholine rings is 1. The molecule has 0 bridgehead atoms. The maximum Gasteiger partial charge on any atom is 0.239 e. The SMILES string of the molecule is CC1COCC(C)N1C(=O)[C@@H](C)N.Cl. The van der Waals surface area contributed by atoms with E-state index in [1.54, 1.807) is 6.92 Å². The molecule has 2 unspecified atom stereocenters. The molecule has 1 aliphatic rings. The second-order valence-electron chi connectivity index (χ2n) is 3.77. The Morgan fingerprint density at radius 3 is 2.21 bits per heavy atom. The number of hydrogen-bond donors (Lipinski definition) is 1. The molecule has 1 amide bonds. The Morgan fingerprint density at radius 2 is 1.86 bits per heavy atom. The Kier molecular flexibility index (Phi) is 5.41. The number of nitrogens with two attached hydrogens (primary N) is 1. The third kappa shape index (κ3) is 2.83. The molecular weight excluding hydrogens is 204 g/mol. The molecule has 84 valence electrons. The van der Waals surface area contributed by atoms with Gasteiger partial charge in [-0.1, -0.05) is 0 Å². The number of amides is 1. The molecule has 1 heterocycles. The van der Waals surface area contributed by atoms with Gasteiger partial charge in [-0.25, -0.2) is 0 Å². The van der Waals surface area contributed by atoms with E-state index in [0.29, 0.717) is 13.2 Å². The summed E-state index contributed by atoms with van der Waals surface area (Å²) in [5.41, 5.74) is 5.56. The molecular formula is C9H19ClN2O2. The van der Waals surface area contributed by atoms with E-state index in [9.17, 15) is 4.79 Å². The maximum atomic E-state index is 11.7. The second-order valence-corrected chi connectivity index (χ2v) is 3.77. The first kappa shape index (κ1) is 13.7. The minimum absolute atomic E-state index is 0. The Labute approximate surface area is 91.2 Å². The number of halogens is 1. The molecule has 0 saturated carbocycles. The summed E-state index contributed by atoms with van der Waals surface area (Å²) in [4.78, 5) is 13.5. The van der Waals surface area contributed by atoms with Crippen LogP contribution in [0, 0.1) is 0 Å². The van der Waals surface area contributed by atoms with Crippen LogP contribution in [0.3, 0.4) is 0 Å². The van der Waals surface area contributed by atoms with Crippen LogP contribution >= 0.6 is 12.4 Å². The zero-order chi connectivity index (χ0) is 10.0. The first-order valence-electron chi connectivity index (χ1n) is 4.69. The number of carbonyl (C=O) groups excluding carboxylic acids is 1. The standard InChI is InChI=1S/C9H18N2O2.ClH/c1-6-4-13-5-7(2)11(6)9(12)8(3)10;/h6-8H,4-5,10H2,1-3H3;1H/t6?,7?,8-;/m1./s1. The number of rotatable bonds is 1. The van der Waals surface area contributed by atoms with Crippen molar-refractivity contribution in [2.24, 2.45) is 5.73 Å². The van der Waals surface area contributed by atoms with Crippen molar-refractivity contribution >= 4 is 18.3 Å². The van der Waals surface area contributed by atoms with E-state index in [1.807, 2.05) is 18.7 Å². The molecule has 1 saturated heterocycles. The zero-order valence-electron chi connectivity index (χ0n) is 8.90. The molecule has 2 N–H and O–H groups in total. The highest BCUT2D eigenvalue weighted by Gasteiger charge is 2.30. The molecule has 0 aromatic heterocycles. The summed E-state index contributed by atoms with van der Waals surface area (Å²) >= 11 is 0. The van der Waals surface area contributed by atoms with Crippen LogP contribution in [0.1, 0.15) is 20.8 Å². The van der Waals surface area contributed by atoms with Crippen LogP contribution in [0.4, 0.5) is 0 Å². The lowest BCUT2D eigenvalue weighted by Crippen LogP contribution is -2.56. The highest BCUT2D eigenvalue weighted by molar-refractivity contribution is 5.85. The molecule has 0 radical (unpaired) electrons. The van der Waals surface area contributed by atoms with Crippen molar-refractivity contribution in [2.45, 2.75) is 38.9 Å². The third-order valence-electron chi connectivity index (χ3n) is 2.31. The second kappa shape index (κ2) is 5.53. The first-order valence-corrected chi connectivity index (χ1v) is 4.69. The fourth-order valence-electron chi connectivity index (χ4n) is 1.67. The average Bonchev–Trinajstić information content (AvgIpc) is 2.03. The molecule has 0 aromatic rings. The summed E-state index contributed by atoms with van der Waals surface area (Å²) in [6.07, 6.45) is 0. The number of nitrogens with zero attached hydrogens (tertiary/aromatic N) is 1. The average molecular weight is 223 g/mol. The smallest absolute Gasteiger partial charge is 0.239 e. The summed E-state index contributed by atoms with van der Waals surface area (Å²) in [7, 11) is 0. The Bertz CT molecular complexity index is 189. The third-order valence-corrected chi connectivity index (χ3v) is 2.31. The van der Waals surface area contributed by atoms with Gasteiger partial charge in [-0.3, -0.25) is 4.79 Å². The zero-order valence-corrected chi connectivity index (χ0v) is 9.71. The monoisotopic (exact) mass is 222 g/mol. The molecule has 4 nitrogen and oxygen atoms in total. The van der Waals surface area contributed by atoms with Gasteiger partial charge in [0, 0.05) is 0 Å². The van der Waals surface area contributed by atoms with Crippen molar-refractivity contribution in [1.82, 2.24) is 4.90 Å². The van der Waals surface area contributed by atoms with Crippen LogP contribution < -0.4 is 5.73 Å². The summed E-state index contributed by atoms with van der Waals surface area (Å²) in [6, 6.07) is -0.132. The van der Waals surface area contributed by atoms with Gasteiger partial charge in [0.2, 0.25) is 5.91 Å². The van der Waals surface area contributed by atoms with Gasteiger partial charge in [0.15, 0.2) is 0 Å². The van der Waals surface area contributed by atoms with Crippen molar-refractivity contribution in [3.63, 3.8) is 0 Å². The predicted octanol–water partition coefficient (Wildman–Crippen LogP) is 0.391. The first-order chi connectivity index (χ1) is 6.04. The quantitative estimate of drug-likeness (QED) is 0.699. The van der Waals surface area contributed by atoms with Crippen LogP contribution in [-0.4, -0.2) is 42.1 Å². The molecule has 0 aromatic carbocycles. The van der Waals surface area contributed by atoms with E-state index in [-0.39, 0.29) is 30.4 Å². The minimum atomic E-state index is -0.414. The van der Waals surface area contributed by atoms with Crippen LogP contribution in [0.2, 0.25) is 0 Å². The van der Waals surface area contributed by atoms with E-state index in [4.69, 9.17) is 10.5 Å². The number of ether oxygens (including phenoxy) is 1. The van der Waals surface area contributed by atoms with Gasteiger partial charge in [-0.2, -0.15) is 0 Å². The lowest BCUT2D eigenvalue weighted by atomic mass is 10.1. The lowest BCUT2D eigenvalue weighted by Gasteiger charge is -2.39. The Hall–Kier alpha value is -0.320. The molecule has 14 heavy (non-hydrogen) atoms. The van der Waals surface area contributed by atoms with Crippen LogP contribution in [0.15, 0.2) is 0 Å². The lowest BCUT2D eigenvalue weighted by molar-refractivity contribution is -0.145. The molecule has 0 aliphatic carbocycles. The van der Waals surface area contributed by atoms with Gasteiger partial charge in [-0.05, 0) is 20.8 Å². The van der Waals surface area contributed by atoms with Crippen molar-refractivity contribution in [3.8, 4) is 0 Å². The van der Waals surface area contributed by atoms with Crippen LogP contribution in [0.25, 0.3) is 0 Å². The Balaban J connectivity index is 0.00000169. The van der Waals surface area contributed by atoms with Gasteiger partial charge in [0.05, 0.1) is 31.3 Å². The van der Waals surface area contributed by atoms with Crippen LogP contribution in [0.5, 0.6) is 0 Å². The van der Waals surface area contributed by atoms with E-state index in [1.165, 1.54) is 0 Å². The summed E-state index contributed by atoms with van der Waals surface area (Å²) in [6.45, 7) is 6.91. The highest BCUT2D eigenvalue weighted by atomic mass is 35.5. The number of carbonyl (C=O) groups is 1. The van der Waals surface area contributed by atoms with E-state index in [2.05, 4.69) is 0 Å². The van der Waals surface area contributed by atoms with E-state index >= 15 is 0 Å². The normalized spacial score (nSPS) is 29.3. The predicted molar refractivity (Wildman–Crippen MR) is 57.5 cm³/mol. The largest absolute Gasteiger partial charge is 0.377 e. The summed E-state index contributed by atoms with van der Waals surface area (Å²) < 4.78 is 5.32. The van der Waals surface area contributed by atoms with Crippen molar-refractivity contribution in [2.75, 3.05) is 13.2 Å². The molecule has 1 fully saturated rings. The Morgan fingerprint density at radius 1 is 1.43 bits per heavy atom. The van der Waals surface area contributed by atoms with Crippen molar-refractivity contribution in [3.05, 3.63) is 0 Å². The molecule has 1 aliphatic heterocycles. The van der Waals surface area contributed by atoms with Crippen LogP contribution in [-0.2, 0) is 9.53 Å². The maximum absolute atomic E-state index is 11.7. The molecule has 0 spiro atoms. The number of hydrogen-bond acceptors (Lipinski definition) is 3. The summed E-state index contributed by atoms with van der Waals surface area (Å²) in [5.74, 6) is 0.0169.